The summed E-state index contributed by atoms with van der Waals surface area (Å²) in [5.41, 5.74) is 1.94. The van der Waals surface area contributed by atoms with Crippen molar-refractivity contribution in [3.05, 3.63) is 46.7 Å². The third-order valence-corrected chi connectivity index (χ3v) is 5.21. The van der Waals surface area contributed by atoms with Crippen LogP contribution in [0.2, 0.25) is 5.15 Å². The molecule has 1 aliphatic rings. The summed E-state index contributed by atoms with van der Waals surface area (Å²) in [5, 5.41) is 7.83. The highest BCUT2D eigenvalue weighted by Crippen LogP contribution is 2.23. The van der Waals surface area contributed by atoms with Gasteiger partial charge < -0.3 is 10.2 Å². The molecule has 1 saturated heterocycles. The third kappa shape index (κ3) is 4.46. The van der Waals surface area contributed by atoms with Gasteiger partial charge >= 0.3 is 0 Å². The lowest BCUT2D eigenvalue weighted by Gasteiger charge is -2.29. The summed E-state index contributed by atoms with van der Waals surface area (Å²) in [6.45, 7) is 8.01. The van der Waals surface area contributed by atoms with Crippen LogP contribution in [0.15, 0.2) is 30.3 Å². The molecule has 1 atom stereocenters. The minimum Gasteiger partial charge on any atom is -0.352 e. The second-order valence-electron chi connectivity index (χ2n) is 7.18. The van der Waals surface area contributed by atoms with Crippen molar-refractivity contribution in [1.82, 2.24) is 20.0 Å². The largest absolute Gasteiger partial charge is 0.352 e. The molecular formula is C20H27ClN4O. The van der Waals surface area contributed by atoms with Crippen LogP contribution in [0.25, 0.3) is 5.69 Å². The van der Waals surface area contributed by atoms with E-state index in [-0.39, 0.29) is 5.91 Å². The first-order chi connectivity index (χ1) is 12.6. The molecule has 2 heterocycles. The van der Waals surface area contributed by atoms with Gasteiger partial charge in [-0.25, -0.2) is 4.68 Å². The van der Waals surface area contributed by atoms with Gasteiger partial charge in [0, 0.05) is 13.1 Å². The summed E-state index contributed by atoms with van der Waals surface area (Å²) in [5.74, 6) is 0.250. The lowest BCUT2D eigenvalue weighted by Crippen LogP contribution is -2.38. The van der Waals surface area contributed by atoms with Crippen LogP contribution < -0.4 is 5.32 Å². The summed E-state index contributed by atoms with van der Waals surface area (Å²) >= 11 is 6.46. The minimum atomic E-state index is -0.153. The number of benzene rings is 1. The van der Waals surface area contributed by atoms with Gasteiger partial charge in [0.25, 0.3) is 5.91 Å². The fraction of sp³-hybridized carbons (Fsp3) is 0.500. The molecule has 0 bridgehead atoms. The van der Waals surface area contributed by atoms with Gasteiger partial charge in [0.15, 0.2) is 0 Å². The zero-order chi connectivity index (χ0) is 18.5. The van der Waals surface area contributed by atoms with Crippen molar-refractivity contribution >= 4 is 17.5 Å². The maximum Gasteiger partial charge on any atom is 0.256 e. The number of aryl methyl sites for hydroxylation is 1. The maximum absolute atomic E-state index is 12.7. The number of piperidine rings is 1. The number of carbonyl (C=O) groups is 1. The number of halogens is 1. The molecule has 1 aromatic carbocycles. The number of amides is 1. The molecule has 1 amide bonds. The number of nitrogens with one attached hydrogen (secondary N) is 1. The first-order valence-corrected chi connectivity index (χ1v) is 9.75. The van der Waals surface area contributed by atoms with E-state index in [4.69, 9.17) is 11.6 Å². The van der Waals surface area contributed by atoms with Gasteiger partial charge in [-0.1, -0.05) is 43.1 Å². The van der Waals surface area contributed by atoms with Crippen molar-refractivity contribution in [3.63, 3.8) is 0 Å². The Bertz CT molecular complexity index is 738. The van der Waals surface area contributed by atoms with Crippen molar-refractivity contribution < 1.29 is 4.79 Å². The molecule has 1 N–H and O–H groups in total. The Balaban J connectivity index is 1.62. The van der Waals surface area contributed by atoms with E-state index in [1.54, 1.807) is 4.68 Å². The Morgan fingerprint density at radius 3 is 2.62 bits per heavy atom. The number of rotatable bonds is 6. The van der Waals surface area contributed by atoms with Gasteiger partial charge in [-0.3, -0.25) is 4.79 Å². The number of aromatic nitrogens is 2. The summed E-state index contributed by atoms with van der Waals surface area (Å²) in [6, 6.07) is 9.61. The lowest BCUT2D eigenvalue weighted by molar-refractivity contribution is 0.0942. The SMILES string of the molecule is Cc1nn(-c2ccccc2)c(Cl)c1C(=O)NC[C@@H](C)CN1CCCCC1. The number of hydrogen-bond acceptors (Lipinski definition) is 3. The van der Waals surface area contributed by atoms with Crippen molar-refractivity contribution in [1.29, 1.82) is 0 Å². The Kier molecular flexibility index (Phi) is 6.33. The maximum atomic E-state index is 12.7. The van der Waals surface area contributed by atoms with E-state index in [1.165, 1.54) is 32.4 Å². The van der Waals surface area contributed by atoms with E-state index in [1.807, 2.05) is 37.3 Å². The van der Waals surface area contributed by atoms with Gasteiger partial charge in [-0.15, -0.1) is 0 Å². The molecule has 2 aromatic rings. The quantitative estimate of drug-likeness (QED) is 0.838. The molecule has 0 aliphatic carbocycles. The van der Waals surface area contributed by atoms with E-state index >= 15 is 0 Å². The van der Waals surface area contributed by atoms with Crippen molar-refractivity contribution in [2.24, 2.45) is 5.92 Å². The molecule has 3 rings (SSSR count). The topological polar surface area (TPSA) is 50.2 Å². The number of para-hydroxylation sites is 1. The smallest absolute Gasteiger partial charge is 0.256 e. The van der Waals surface area contributed by atoms with Crippen LogP contribution in [0, 0.1) is 12.8 Å². The molecule has 1 aliphatic heterocycles. The Morgan fingerprint density at radius 2 is 1.92 bits per heavy atom. The molecule has 1 aromatic heterocycles. The summed E-state index contributed by atoms with van der Waals surface area (Å²) in [7, 11) is 0. The summed E-state index contributed by atoms with van der Waals surface area (Å²) in [4.78, 5) is 15.2. The van der Waals surface area contributed by atoms with Gasteiger partial charge in [-0.2, -0.15) is 5.10 Å². The van der Waals surface area contributed by atoms with Crippen molar-refractivity contribution in [2.75, 3.05) is 26.2 Å². The molecule has 0 saturated carbocycles. The van der Waals surface area contributed by atoms with Gasteiger partial charge in [0.1, 0.15) is 5.15 Å². The molecule has 0 unspecified atom stereocenters. The van der Waals surface area contributed by atoms with E-state index < -0.39 is 0 Å². The fourth-order valence-corrected chi connectivity index (χ4v) is 3.86. The van der Waals surface area contributed by atoms with Crippen LogP contribution in [0.1, 0.15) is 42.2 Å². The zero-order valence-corrected chi connectivity index (χ0v) is 16.3. The molecule has 140 valence electrons. The Hall–Kier alpha value is -1.85. The number of nitrogens with zero attached hydrogens (tertiary/aromatic N) is 3. The molecular weight excluding hydrogens is 348 g/mol. The van der Waals surface area contributed by atoms with Crippen LogP contribution >= 0.6 is 11.6 Å². The minimum absolute atomic E-state index is 0.153. The number of likely N-dealkylation sites (tertiary alicyclic amines) is 1. The van der Waals surface area contributed by atoms with Crippen molar-refractivity contribution in [3.8, 4) is 5.69 Å². The average Bonchev–Trinajstić information content (AvgIpc) is 2.96. The molecule has 1 fully saturated rings. The van der Waals surface area contributed by atoms with E-state index in [2.05, 4.69) is 22.2 Å². The lowest BCUT2D eigenvalue weighted by atomic mass is 10.1. The normalized spacial score (nSPS) is 16.4. The van der Waals surface area contributed by atoms with Crippen molar-refractivity contribution in [2.45, 2.75) is 33.1 Å². The standard InChI is InChI=1S/C20H27ClN4O/c1-15(14-24-11-7-4-8-12-24)13-22-20(26)18-16(2)23-25(19(18)21)17-9-5-3-6-10-17/h3,5-6,9-10,15H,4,7-8,11-14H2,1-2H3,(H,22,26)/t15-/m1/s1. The van der Waals surface area contributed by atoms with E-state index in [0.29, 0.717) is 28.9 Å². The monoisotopic (exact) mass is 374 g/mol. The third-order valence-electron chi connectivity index (χ3n) is 4.86. The van der Waals surface area contributed by atoms with Crippen LogP contribution in [0.4, 0.5) is 0 Å². The van der Waals surface area contributed by atoms with Gasteiger partial charge in [0.2, 0.25) is 0 Å². The predicted octanol–water partition coefficient (Wildman–Crippen LogP) is 3.69. The second kappa shape index (κ2) is 8.69. The predicted molar refractivity (Wildman–Crippen MR) is 105 cm³/mol. The number of carbonyl (C=O) groups excluding carboxylic acids is 1. The second-order valence-corrected chi connectivity index (χ2v) is 7.53. The Labute approximate surface area is 160 Å². The van der Waals surface area contributed by atoms with Gasteiger partial charge in [-0.05, 0) is 50.9 Å². The molecule has 6 heteroatoms. The zero-order valence-electron chi connectivity index (χ0n) is 15.5. The number of hydrogen-bond donors (Lipinski definition) is 1. The van der Waals surface area contributed by atoms with Gasteiger partial charge in [0.05, 0.1) is 16.9 Å². The van der Waals surface area contributed by atoms with Crippen LogP contribution in [0.5, 0.6) is 0 Å². The molecule has 5 nitrogen and oxygen atoms in total. The fourth-order valence-electron chi connectivity index (χ4n) is 3.50. The molecule has 0 radical (unpaired) electrons. The van der Waals surface area contributed by atoms with E-state index in [0.717, 1.165) is 12.2 Å². The summed E-state index contributed by atoms with van der Waals surface area (Å²) < 4.78 is 1.61. The Morgan fingerprint density at radius 1 is 1.23 bits per heavy atom. The first-order valence-electron chi connectivity index (χ1n) is 9.37. The molecule has 0 spiro atoms. The first kappa shape index (κ1) is 18.9. The van der Waals surface area contributed by atoms with Crippen LogP contribution in [-0.2, 0) is 0 Å². The van der Waals surface area contributed by atoms with E-state index in [9.17, 15) is 4.79 Å². The highest BCUT2D eigenvalue weighted by Gasteiger charge is 2.22. The highest BCUT2D eigenvalue weighted by molar-refractivity contribution is 6.33. The highest BCUT2D eigenvalue weighted by atomic mass is 35.5. The summed E-state index contributed by atoms with van der Waals surface area (Å²) in [6.07, 6.45) is 3.91. The molecule has 26 heavy (non-hydrogen) atoms. The van der Waals surface area contributed by atoms with Crippen LogP contribution in [0.3, 0.4) is 0 Å². The van der Waals surface area contributed by atoms with Crippen LogP contribution in [-0.4, -0.2) is 46.8 Å². The average molecular weight is 375 g/mol.